The second kappa shape index (κ2) is 17.8. The molecule has 0 aromatic carbocycles. The van der Waals surface area contributed by atoms with Crippen LogP contribution in [0.25, 0.3) is 0 Å². The maximum Gasteiger partial charge on any atom is 3.00 e. The summed E-state index contributed by atoms with van der Waals surface area (Å²) in [6, 6.07) is 0. The molecule has 0 aliphatic rings. The van der Waals surface area contributed by atoms with Gasteiger partial charge in [0.1, 0.15) is 0 Å². The molecule has 0 spiro atoms. The zero-order valence-electron chi connectivity index (χ0n) is 14.4. The molecule has 143 valence electrons. The summed E-state index contributed by atoms with van der Waals surface area (Å²) < 4.78 is 0.882. The summed E-state index contributed by atoms with van der Waals surface area (Å²) in [5.41, 5.74) is 0. The van der Waals surface area contributed by atoms with Crippen LogP contribution in [0.2, 0.25) is 0 Å². The molecular weight excluding hydrogens is 758 g/mol. The zero-order valence-corrected chi connectivity index (χ0v) is 22.6. The van der Waals surface area contributed by atoms with E-state index in [0.29, 0.717) is 10.7 Å². The first-order valence-corrected chi connectivity index (χ1v) is 9.53. The van der Waals surface area contributed by atoms with Crippen molar-refractivity contribution in [2.24, 2.45) is 0 Å². The quantitative estimate of drug-likeness (QED) is 0.187. The molecule has 0 rings (SSSR count). The van der Waals surface area contributed by atoms with Crippen LogP contribution in [0.15, 0.2) is 28.0 Å². The van der Waals surface area contributed by atoms with Crippen molar-refractivity contribution in [1.29, 1.82) is 0 Å². The van der Waals surface area contributed by atoms with Crippen LogP contribution < -0.4 is 15.3 Å². The van der Waals surface area contributed by atoms with Crippen molar-refractivity contribution in [2.75, 3.05) is 0 Å². The molecule has 0 bridgehead atoms. The number of carbonyl (C=O) groups is 3. The van der Waals surface area contributed by atoms with E-state index in [0.717, 1.165) is 0 Å². The van der Waals surface area contributed by atoms with E-state index in [1.165, 1.54) is 41.5 Å². The minimum atomic E-state index is -0.155. The molecule has 0 aromatic rings. The van der Waals surface area contributed by atoms with Gasteiger partial charge in [-0.2, -0.15) is 0 Å². The van der Waals surface area contributed by atoms with E-state index < -0.39 is 0 Å². The Morgan fingerprint density at radius 2 is 0.640 bits per heavy atom. The fourth-order valence-corrected chi connectivity index (χ4v) is 0.744. The van der Waals surface area contributed by atoms with Gasteiger partial charge < -0.3 is 15.3 Å². The monoisotopic (exact) mass is 777 g/mol. The SMILES string of the molecule is CC(=O)/C(I)=C(/C)[O-].CC(=O)/C(I)=C(/C)[O-].CC(=O)/C(I)=C(/C)[O-].[Ru+3]. The number of Topliss-reactive ketones (excluding diaryl/α,β-unsaturated/α-hetero) is 3. The Labute approximate surface area is 201 Å². The van der Waals surface area contributed by atoms with Crippen LogP contribution in [0.1, 0.15) is 41.5 Å². The number of allylic oxidation sites excluding steroid dienone is 6. The number of hydrogen-bond acceptors (Lipinski definition) is 6. The maximum absolute atomic E-state index is 10.3. The van der Waals surface area contributed by atoms with Gasteiger partial charge in [-0.3, -0.25) is 14.4 Å². The first-order chi connectivity index (χ1) is 10.7. The first kappa shape index (κ1) is 33.1. The fraction of sp³-hybridized carbons (Fsp3) is 0.400. The third-order valence-corrected chi connectivity index (χ3v) is 6.41. The Hall–Kier alpha value is 0.443. The Kier molecular flexibility index (Phi) is 23.6. The number of halogens is 3. The molecule has 0 saturated heterocycles. The second-order valence-corrected chi connectivity index (χ2v) is 7.52. The van der Waals surface area contributed by atoms with Gasteiger partial charge in [0, 0.05) is 10.7 Å². The van der Waals surface area contributed by atoms with Gasteiger partial charge >= 0.3 is 19.5 Å². The molecule has 0 unspecified atom stereocenters. The van der Waals surface area contributed by atoms with Crippen molar-refractivity contribution in [3.8, 4) is 0 Å². The topological polar surface area (TPSA) is 120 Å². The summed E-state index contributed by atoms with van der Waals surface area (Å²) in [4.78, 5) is 31.0. The average molecular weight is 776 g/mol. The molecule has 0 heterocycles. The van der Waals surface area contributed by atoms with Crippen LogP contribution in [-0.4, -0.2) is 17.3 Å². The molecule has 0 N–H and O–H groups in total. The third-order valence-electron chi connectivity index (χ3n) is 1.85. The van der Waals surface area contributed by atoms with Crippen LogP contribution in [0.4, 0.5) is 0 Å². The van der Waals surface area contributed by atoms with Crippen molar-refractivity contribution in [1.82, 2.24) is 0 Å². The normalized spacial score (nSPS) is 12.4. The molecule has 0 fully saturated rings. The molecule has 0 aromatic heterocycles. The molecule has 0 aliphatic heterocycles. The van der Waals surface area contributed by atoms with Gasteiger partial charge in [-0.25, -0.2) is 0 Å². The average Bonchev–Trinajstić information content (AvgIpc) is 2.45. The van der Waals surface area contributed by atoms with Crippen molar-refractivity contribution in [2.45, 2.75) is 41.5 Å². The van der Waals surface area contributed by atoms with E-state index in [1.54, 1.807) is 67.8 Å². The van der Waals surface area contributed by atoms with Crippen molar-refractivity contribution in [3.63, 3.8) is 0 Å². The van der Waals surface area contributed by atoms with E-state index in [4.69, 9.17) is 0 Å². The van der Waals surface area contributed by atoms with Crippen molar-refractivity contribution < 1.29 is 49.2 Å². The second-order valence-electron chi connectivity index (χ2n) is 4.28. The minimum absolute atomic E-state index is 0. The number of ketones is 3. The van der Waals surface area contributed by atoms with Gasteiger partial charge in [-0.15, -0.1) is 17.3 Å². The largest absolute Gasteiger partial charge is 3.00 e. The van der Waals surface area contributed by atoms with Gasteiger partial charge in [0.25, 0.3) is 0 Å². The molecule has 0 atom stereocenters. The summed E-state index contributed by atoms with van der Waals surface area (Å²) in [7, 11) is 0. The van der Waals surface area contributed by atoms with Crippen LogP contribution in [0.5, 0.6) is 0 Å². The summed E-state index contributed by atoms with van der Waals surface area (Å²) in [6.07, 6.45) is 0. The van der Waals surface area contributed by atoms with Gasteiger partial charge in [0.15, 0.2) is 17.3 Å². The number of rotatable bonds is 3. The molecule has 1 radical (unpaired) electrons. The Morgan fingerprint density at radius 3 is 0.640 bits per heavy atom. The van der Waals surface area contributed by atoms with Crippen molar-refractivity contribution in [3.05, 3.63) is 28.0 Å². The van der Waals surface area contributed by atoms with Gasteiger partial charge in [0.05, 0.1) is 0 Å². The molecule has 0 saturated carbocycles. The first-order valence-electron chi connectivity index (χ1n) is 6.29. The Bertz CT molecular complexity index is 487. The number of hydrogen-bond donors (Lipinski definition) is 0. The van der Waals surface area contributed by atoms with Crippen LogP contribution in [0, 0.1) is 0 Å². The van der Waals surface area contributed by atoms with E-state index in [2.05, 4.69) is 0 Å². The van der Waals surface area contributed by atoms with Gasteiger partial charge in [0.2, 0.25) is 0 Å². The van der Waals surface area contributed by atoms with Crippen LogP contribution >= 0.6 is 67.8 Å². The molecule has 10 heteroatoms. The van der Waals surface area contributed by atoms with E-state index >= 15 is 0 Å². The molecular formula is C15H18I3O6Ru. The smallest absolute Gasteiger partial charge is 0.875 e. The summed E-state index contributed by atoms with van der Waals surface area (Å²) in [6.45, 7) is 8.27. The molecule has 0 aliphatic carbocycles. The van der Waals surface area contributed by atoms with Gasteiger partial charge in [-0.1, -0.05) is 20.8 Å². The summed E-state index contributed by atoms with van der Waals surface area (Å²) in [5.74, 6) is -0.927. The van der Waals surface area contributed by atoms with Crippen LogP contribution in [-0.2, 0) is 33.9 Å². The predicted octanol–water partition coefficient (Wildman–Crippen LogP) is 1.80. The number of carbonyl (C=O) groups excluding carboxylic acids is 3. The molecule has 6 nitrogen and oxygen atoms in total. The standard InChI is InChI=1S/3C5H7IO2.Ru/c3*1-3(7)5(6)4(2)8;/h3*7H,1-2H3;/q;;;+3/p-3/b3*5-3+;. The van der Waals surface area contributed by atoms with E-state index in [9.17, 15) is 29.7 Å². The summed E-state index contributed by atoms with van der Waals surface area (Å²) in [5, 5.41) is 31.0. The maximum atomic E-state index is 10.3. The Balaban J connectivity index is -0.000000130. The molecule has 0 amide bonds. The van der Waals surface area contributed by atoms with Crippen molar-refractivity contribution >= 4 is 85.1 Å². The summed E-state index contributed by atoms with van der Waals surface area (Å²) >= 11 is 5.22. The predicted molar refractivity (Wildman–Crippen MR) is 112 cm³/mol. The Morgan fingerprint density at radius 1 is 0.520 bits per heavy atom. The van der Waals surface area contributed by atoms with E-state index in [1.807, 2.05) is 0 Å². The minimum Gasteiger partial charge on any atom is -0.875 e. The third kappa shape index (κ3) is 20.6. The van der Waals surface area contributed by atoms with Gasteiger partial charge in [-0.05, 0) is 88.5 Å². The van der Waals surface area contributed by atoms with Crippen LogP contribution in [0.3, 0.4) is 0 Å². The molecule has 25 heavy (non-hydrogen) atoms. The fourth-order valence-electron chi connectivity index (χ4n) is 0.744. The zero-order chi connectivity index (χ0) is 20.2. The van der Waals surface area contributed by atoms with E-state index in [-0.39, 0.29) is 54.1 Å².